The Kier molecular flexibility index (Phi) is 6.45. The Bertz CT molecular complexity index is 826. The maximum Gasteiger partial charge on any atom is 0.339 e. The molecule has 1 unspecified atom stereocenters. The predicted octanol–water partition coefficient (Wildman–Crippen LogP) is 3.71. The van der Waals surface area contributed by atoms with Gasteiger partial charge in [0.05, 0.1) is 17.9 Å². The van der Waals surface area contributed by atoms with E-state index in [1.54, 1.807) is 31.2 Å². The van der Waals surface area contributed by atoms with E-state index in [0.29, 0.717) is 36.3 Å². The summed E-state index contributed by atoms with van der Waals surface area (Å²) in [7, 11) is 0. The van der Waals surface area contributed by atoms with Gasteiger partial charge in [-0.15, -0.1) is 0 Å². The first kappa shape index (κ1) is 20.7. The summed E-state index contributed by atoms with van der Waals surface area (Å²) in [5.74, 6) is 5.58. The van der Waals surface area contributed by atoms with E-state index in [1.165, 1.54) is 0 Å². The van der Waals surface area contributed by atoms with E-state index >= 15 is 0 Å². The molecule has 0 spiro atoms. The fraction of sp³-hybridized carbons (Fsp3) is 0.455. The summed E-state index contributed by atoms with van der Waals surface area (Å²) in [6.45, 7) is 10.1. The third kappa shape index (κ3) is 4.40. The molecule has 5 nitrogen and oxygen atoms in total. The molecule has 2 rings (SSSR count). The minimum Gasteiger partial charge on any atom is -0.462 e. The molecule has 5 heteroatoms. The Morgan fingerprint density at radius 3 is 2.59 bits per heavy atom. The molecule has 0 radical (unpaired) electrons. The summed E-state index contributed by atoms with van der Waals surface area (Å²) in [6.07, 6.45) is 2.34. The van der Waals surface area contributed by atoms with Crippen molar-refractivity contribution in [2.24, 2.45) is 10.6 Å². The van der Waals surface area contributed by atoms with Gasteiger partial charge in [-0.3, -0.25) is 0 Å². The number of rotatable bonds is 4. The fourth-order valence-corrected chi connectivity index (χ4v) is 3.13. The highest BCUT2D eigenvalue weighted by molar-refractivity contribution is 5.97. The number of esters is 1. The van der Waals surface area contributed by atoms with Crippen LogP contribution in [0.15, 0.2) is 41.1 Å². The number of nitrogens with zero attached hydrogens (tertiary/aromatic N) is 1. The lowest BCUT2D eigenvalue weighted by Gasteiger charge is -2.42. The lowest BCUT2D eigenvalue weighted by atomic mass is 9.65. The average molecular weight is 369 g/mol. The molecule has 0 saturated heterocycles. The average Bonchev–Trinajstić information content (AvgIpc) is 2.63. The van der Waals surface area contributed by atoms with Gasteiger partial charge in [-0.25, -0.2) is 4.79 Å². The van der Waals surface area contributed by atoms with Gasteiger partial charge in [-0.05, 0) is 44.6 Å². The molecular weight excluding hydrogens is 342 g/mol. The fourth-order valence-electron chi connectivity index (χ4n) is 3.13. The van der Waals surface area contributed by atoms with Gasteiger partial charge in [0.15, 0.2) is 5.60 Å². The highest BCUT2D eigenvalue weighted by Crippen LogP contribution is 2.43. The Labute approximate surface area is 161 Å². The van der Waals surface area contributed by atoms with Gasteiger partial charge < -0.3 is 14.7 Å². The number of aliphatic hydroxyl groups is 1. The van der Waals surface area contributed by atoms with Gasteiger partial charge >= 0.3 is 5.97 Å². The number of carbonyl (C=O) groups excluding carboxylic acids is 1. The number of ether oxygens (including phenoxy) is 1. The van der Waals surface area contributed by atoms with Crippen LogP contribution in [-0.4, -0.2) is 35.6 Å². The summed E-state index contributed by atoms with van der Waals surface area (Å²) in [5, 5.41) is 15.5. The second-order valence-corrected chi connectivity index (χ2v) is 7.11. The molecule has 0 aromatic heterocycles. The molecule has 1 N–H and O–H groups in total. The zero-order valence-corrected chi connectivity index (χ0v) is 16.6. The van der Waals surface area contributed by atoms with E-state index in [4.69, 9.17) is 9.57 Å². The smallest absolute Gasteiger partial charge is 0.339 e. The first-order chi connectivity index (χ1) is 12.7. The molecule has 0 aliphatic heterocycles. The van der Waals surface area contributed by atoms with Gasteiger partial charge in [0, 0.05) is 17.4 Å². The third-order valence-electron chi connectivity index (χ3n) is 4.67. The van der Waals surface area contributed by atoms with E-state index in [1.807, 2.05) is 33.8 Å². The minimum absolute atomic E-state index is 0.293. The van der Waals surface area contributed by atoms with Crippen LogP contribution in [0.4, 0.5) is 0 Å². The first-order valence-electron chi connectivity index (χ1n) is 9.14. The van der Waals surface area contributed by atoms with Crippen molar-refractivity contribution in [3.8, 4) is 11.8 Å². The van der Waals surface area contributed by atoms with Crippen molar-refractivity contribution in [2.75, 3.05) is 13.2 Å². The molecule has 1 atom stereocenters. The highest BCUT2D eigenvalue weighted by Gasteiger charge is 2.47. The molecule has 144 valence electrons. The molecule has 1 aromatic rings. The van der Waals surface area contributed by atoms with Crippen molar-refractivity contribution in [3.63, 3.8) is 0 Å². The third-order valence-corrected chi connectivity index (χ3v) is 4.67. The van der Waals surface area contributed by atoms with Crippen LogP contribution in [0.1, 0.15) is 57.0 Å². The van der Waals surface area contributed by atoms with Crippen LogP contribution in [0.3, 0.4) is 0 Å². The Morgan fingerprint density at radius 1 is 1.26 bits per heavy atom. The molecule has 27 heavy (non-hydrogen) atoms. The second kappa shape index (κ2) is 8.41. The molecule has 1 aliphatic rings. The standard InChI is InChI=1S/C22H27NO4/c1-6-26-20(24)19-11-9-8-10-17(19)12-13-22(25)16(3)14-18(23-27-7-2)15-21(22,4)5/h8-11,14,25H,6-7,15H2,1-5H3/b23-18+. The second-order valence-electron chi connectivity index (χ2n) is 7.11. The Balaban J connectivity index is 2.45. The predicted molar refractivity (Wildman–Crippen MR) is 105 cm³/mol. The molecule has 0 fully saturated rings. The molecule has 1 aromatic carbocycles. The van der Waals surface area contributed by atoms with Crippen molar-refractivity contribution in [2.45, 2.75) is 46.6 Å². The summed E-state index contributed by atoms with van der Waals surface area (Å²) in [4.78, 5) is 17.3. The zero-order valence-electron chi connectivity index (χ0n) is 16.6. The Hall–Kier alpha value is -2.58. The van der Waals surface area contributed by atoms with Crippen molar-refractivity contribution in [1.82, 2.24) is 0 Å². The number of benzene rings is 1. The number of hydrogen-bond acceptors (Lipinski definition) is 5. The van der Waals surface area contributed by atoms with Crippen LogP contribution in [0.2, 0.25) is 0 Å². The molecule has 0 bridgehead atoms. The van der Waals surface area contributed by atoms with E-state index in [9.17, 15) is 9.90 Å². The monoisotopic (exact) mass is 369 g/mol. The van der Waals surface area contributed by atoms with Crippen molar-refractivity contribution >= 4 is 11.7 Å². The lowest BCUT2D eigenvalue weighted by molar-refractivity contribution is 0.0177. The largest absolute Gasteiger partial charge is 0.462 e. The molecule has 0 amide bonds. The van der Waals surface area contributed by atoms with Gasteiger partial charge in [0.25, 0.3) is 0 Å². The maximum atomic E-state index is 12.1. The Morgan fingerprint density at radius 2 is 1.96 bits per heavy atom. The number of hydrogen-bond donors (Lipinski definition) is 1. The topological polar surface area (TPSA) is 68.1 Å². The number of carbonyl (C=O) groups is 1. The zero-order chi connectivity index (χ0) is 20.1. The summed E-state index contributed by atoms with van der Waals surface area (Å²) in [6, 6.07) is 6.99. The molecule has 1 aliphatic carbocycles. The highest BCUT2D eigenvalue weighted by atomic mass is 16.6. The summed E-state index contributed by atoms with van der Waals surface area (Å²) >= 11 is 0. The number of oxime groups is 1. The lowest BCUT2D eigenvalue weighted by Crippen LogP contribution is -2.48. The van der Waals surface area contributed by atoms with Gasteiger partial charge in [0.1, 0.15) is 6.61 Å². The van der Waals surface area contributed by atoms with E-state index < -0.39 is 17.0 Å². The van der Waals surface area contributed by atoms with Crippen LogP contribution in [-0.2, 0) is 9.57 Å². The van der Waals surface area contributed by atoms with E-state index in [0.717, 1.165) is 5.71 Å². The van der Waals surface area contributed by atoms with E-state index in [-0.39, 0.29) is 0 Å². The molecule has 0 saturated carbocycles. The van der Waals surface area contributed by atoms with Crippen LogP contribution in [0.25, 0.3) is 0 Å². The van der Waals surface area contributed by atoms with Crippen LogP contribution in [0, 0.1) is 17.3 Å². The SMILES string of the molecule is CCO/N=C1\C=C(C)C(O)(C#Cc2ccccc2C(=O)OCC)C(C)(C)C1. The molecular formula is C22H27NO4. The normalized spacial score (nSPS) is 22.4. The van der Waals surface area contributed by atoms with Crippen molar-refractivity contribution in [3.05, 3.63) is 47.0 Å². The minimum atomic E-state index is -1.35. The maximum absolute atomic E-state index is 12.1. The number of allylic oxidation sites excluding steroid dienone is 1. The van der Waals surface area contributed by atoms with Crippen molar-refractivity contribution in [1.29, 1.82) is 0 Å². The van der Waals surface area contributed by atoms with Gasteiger partial charge in [-0.1, -0.05) is 43.0 Å². The van der Waals surface area contributed by atoms with E-state index in [2.05, 4.69) is 17.0 Å². The van der Waals surface area contributed by atoms with Crippen LogP contribution < -0.4 is 0 Å². The van der Waals surface area contributed by atoms with Crippen molar-refractivity contribution < 1.29 is 19.5 Å². The van der Waals surface area contributed by atoms with Crippen LogP contribution in [0.5, 0.6) is 0 Å². The molecule has 0 heterocycles. The van der Waals surface area contributed by atoms with Crippen LogP contribution >= 0.6 is 0 Å². The first-order valence-corrected chi connectivity index (χ1v) is 9.14. The summed E-state index contributed by atoms with van der Waals surface area (Å²) in [5.41, 5.74) is 0.468. The van der Waals surface area contributed by atoms with Gasteiger partial charge in [0.2, 0.25) is 0 Å². The summed E-state index contributed by atoms with van der Waals surface area (Å²) < 4.78 is 5.09. The quantitative estimate of drug-likeness (QED) is 0.499. The van der Waals surface area contributed by atoms with Gasteiger partial charge in [-0.2, -0.15) is 0 Å².